The van der Waals surface area contributed by atoms with Gasteiger partial charge in [0.25, 0.3) is 0 Å². The summed E-state index contributed by atoms with van der Waals surface area (Å²) < 4.78 is 0. The van der Waals surface area contributed by atoms with Gasteiger partial charge in [0.2, 0.25) is 0 Å². The average molecular weight is 488 g/mol. The van der Waals surface area contributed by atoms with Crippen LogP contribution in [-0.2, 0) is 23.1 Å². The number of hydrogen-bond donors (Lipinski definition) is 1. The van der Waals surface area contributed by atoms with Gasteiger partial charge in [0.15, 0.2) is 0 Å². The number of benzene rings is 3. The summed E-state index contributed by atoms with van der Waals surface area (Å²) in [6.07, 6.45) is 6.84. The number of halogens is 1. The van der Waals surface area contributed by atoms with Crippen molar-refractivity contribution in [2.45, 2.75) is 44.4 Å². The number of piperidine rings is 1. The van der Waals surface area contributed by atoms with Crippen LogP contribution in [0.4, 0.5) is 0 Å². The lowest BCUT2D eigenvalue weighted by atomic mass is 9.72. The number of rotatable bonds is 5. The molecule has 1 N–H and O–H groups in total. The highest BCUT2D eigenvalue weighted by Crippen LogP contribution is 2.37. The minimum absolute atomic E-state index is 0. The van der Waals surface area contributed by atoms with E-state index in [0.29, 0.717) is 12.8 Å². The Balaban J connectivity index is 0.00000289. The Bertz CT molecular complexity index is 1160. The first-order chi connectivity index (χ1) is 16.6. The fourth-order valence-electron chi connectivity index (χ4n) is 5.68. The van der Waals surface area contributed by atoms with Gasteiger partial charge in [-0.15, -0.1) is 12.4 Å². The molecule has 3 nitrogen and oxygen atoms in total. The molecule has 0 spiro atoms. The van der Waals surface area contributed by atoms with Crippen molar-refractivity contribution in [2.24, 2.45) is 0 Å². The molecule has 2 aliphatic rings. The van der Waals surface area contributed by atoms with Gasteiger partial charge >= 0.3 is 5.97 Å². The van der Waals surface area contributed by atoms with Gasteiger partial charge in [0, 0.05) is 6.54 Å². The lowest BCUT2D eigenvalue weighted by Gasteiger charge is -2.39. The van der Waals surface area contributed by atoms with Crippen LogP contribution >= 0.6 is 12.4 Å². The molecule has 5 rings (SSSR count). The van der Waals surface area contributed by atoms with Crippen molar-refractivity contribution in [1.82, 2.24) is 4.90 Å². The summed E-state index contributed by atoms with van der Waals surface area (Å²) in [5.74, 6) is -0.690. The van der Waals surface area contributed by atoms with Gasteiger partial charge < -0.3 is 10.0 Å². The van der Waals surface area contributed by atoms with Crippen molar-refractivity contribution in [3.63, 3.8) is 0 Å². The second kappa shape index (κ2) is 10.8. The number of carbonyl (C=O) groups is 1. The van der Waals surface area contributed by atoms with Crippen LogP contribution in [0.25, 0.3) is 5.57 Å². The predicted octanol–water partition coefficient (Wildman–Crippen LogP) is 6.46. The maximum absolute atomic E-state index is 12.3. The van der Waals surface area contributed by atoms with Crippen LogP contribution in [0, 0.1) is 6.92 Å². The summed E-state index contributed by atoms with van der Waals surface area (Å²) in [5, 5.41) is 10.1. The van der Waals surface area contributed by atoms with E-state index in [-0.39, 0.29) is 12.4 Å². The maximum Gasteiger partial charge on any atom is 0.314 e. The first-order valence-corrected chi connectivity index (χ1v) is 12.5. The van der Waals surface area contributed by atoms with Crippen molar-refractivity contribution in [2.75, 3.05) is 19.6 Å². The highest BCUT2D eigenvalue weighted by molar-refractivity contribution is 5.85. The van der Waals surface area contributed by atoms with Crippen molar-refractivity contribution in [1.29, 1.82) is 0 Å². The summed E-state index contributed by atoms with van der Waals surface area (Å²) in [7, 11) is 0. The van der Waals surface area contributed by atoms with E-state index in [1.807, 2.05) is 31.2 Å². The minimum atomic E-state index is -0.762. The number of aryl methyl sites for hydroxylation is 3. The first kappa shape index (κ1) is 25.2. The van der Waals surface area contributed by atoms with E-state index >= 15 is 0 Å². The van der Waals surface area contributed by atoms with Gasteiger partial charge in [-0.05, 0) is 85.5 Å². The van der Waals surface area contributed by atoms with Crippen molar-refractivity contribution in [3.05, 3.63) is 112 Å². The van der Waals surface area contributed by atoms with Crippen LogP contribution in [0.1, 0.15) is 52.6 Å². The molecule has 0 unspecified atom stereocenters. The van der Waals surface area contributed by atoms with E-state index in [1.54, 1.807) is 0 Å². The number of nitrogens with zero attached hydrogens (tertiary/aromatic N) is 1. The molecule has 4 heteroatoms. The van der Waals surface area contributed by atoms with Crippen molar-refractivity contribution in [3.8, 4) is 0 Å². The third-order valence-corrected chi connectivity index (χ3v) is 7.80. The molecule has 0 atom stereocenters. The molecule has 0 bridgehead atoms. The first-order valence-electron chi connectivity index (χ1n) is 12.5. The van der Waals surface area contributed by atoms with Crippen LogP contribution in [0.15, 0.2) is 78.9 Å². The molecule has 1 saturated heterocycles. The third-order valence-electron chi connectivity index (χ3n) is 7.80. The minimum Gasteiger partial charge on any atom is -0.481 e. The monoisotopic (exact) mass is 487 g/mol. The molecule has 0 aromatic heterocycles. The normalized spacial score (nSPS) is 16.9. The van der Waals surface area contributed by atoms with E-state index in [0.717, 1.165) is 50.0 Å². The zero-order valence-corrected chi connectivity index (χ0v) is 21.2. The maximum atomic E-state index is 12.3. The summed E-state index contributed by atoms with van der Waals surface area (Å²) in [6, 6.07) is 25.7. The van der Waals surface area contributed by atoms with E-state index in [1.165, 1.54) is 27.8 Å². The second-order valence-corrected chi connectivity index (χ2v) is 9.82. The van der Waals surface area contributed by atoms with Crippen LogP contribution in [0.5, 0.6) is 0 Å². The van der Waals surface area contributed by atoms with Gasteiger partial charge in [0.05, 0.1) is 5.41 Å². The summed E-state index contributed by atoms with van der Waals surface area (Å²) in [6.45, 7) is 4.63. The Kier molecular flexibility index (Phi) is 7.78. The number of aliphatic carboxylic acids is 1. The van der Waals surface area contributed by atoms with Crippen LogP contribution in [0.3, 0.4) is 0 Å². The number of fused-ring (bicyclic) bond motifs is 2. The molecule has 1 heterocycles. The molecule has 3 aromatic rings. The van der Waals surface area contributed by atoms with Gasteiger partial charge in [-0.25, -0.2) is 0 Å². The van der Waals surface area contributed by atoms with E-state index in [2.05, 4.69) is 59.5 Å². The van der Waals surface area contributed by atoms with Gasteiger partial charge in [0.1, 0.15) is 0 Å². The molecule has 0 amide bonds. The van der Waals surface area contributed by atoms with Crippen molar-refractivity contribution >= 4 is 23.9 Å². The van der Waals surface area contributed by atoms with E-state index < -0.39 is 11.4 Å². The zero-order valence-electron chi connectivity index (χ0n) is 20.4. The zero-order chi connectivity index (χ0) is 23.5. The SMILES string of the molecule is Cc1ccc(C2(C(=O)O)CCN(CCC=C3c4ccccc4CCc4ccccc43)CC2)cc1.Cl. The fraction of sp³-hybridized carbons (Fsp3) is 0.323. The van der Waals surface area contributed by atoms with Gasteiger partial charge in [-0.2, -0.15) is 0 Å². The molecule has 182 valence electrons. The Labute approximate surface area is 214 Å². The largest absolute Gasteiger partial charge is 0.481 e. The third kappa shape index (κ3) is 5.07. The highest BCUT2D eigenvalue weighted by atomic mass is 35.5. The lowest BCUT2D eigenvalue weighted by molar-refractivity contribution is -0.146. The van der Waals surface area contributed by atoms with Gasteiger partial charge in [-0.1, -0.05) is 84.4 Å². The van der Waals surface area contributed by atoms with Crippen LogP contribution in [-0.4, -0.2) is 35.6 Å². The molecule has 0 radical (unpaired) electrons. The summed E-state index contributed by atoms with van der Waals surface area (Å²) in [4.78, 5) is 14.8. The quantitative estimate of drug-likeness (QED) is 0.449. The standard InChI is InChI=1S/C31H33NO2.ClH/c1-23-12-16-26(17-13-23)31(30(33)34)18-21-32(22-19-31)20-6-11-29-27-9-4-2-7-24(27)14-15-25-8-3-5-10-28(25)29;/h2-5,7-13,16-17H,6,14-15,18-22H2,1H3,(H,33,34);1H. The molecular formula is C31H34ClNO2. The Morgan fingerprint density at radius 3 is 1.97 bits per heavy atom. The second-order valence-electron chi connectivity index (χ2n) is 9.82. The molecule has 1 fully saturated rings. The average Bonchev–Trinajstić information content (AvgIpc) is 3.02. The van der Waals surface area contributed by atoms with E-state index in [9.17, 15) is 9.90 Å². The molecular weight excluding hydrogens is 454 g/mol. The molecule has 35 heavy (non-hydrogen) atoms. The number of hydrogen-bond acceptors (Lipinski definition) is 2. The highest BCUT2D eigenvalue weighted by Gasteiger charge is 2.42. The predicted molar refractivity (Wildman–Crippen MR) is 145 cm³/mol. The Hall–Kier alpha value is -2.88. The molecule has 3 aromatic carbocycles. The summed E-state index contributed by atoms with van der Waals surface area (Å²) >= 11 is 0. The van der Waals surface area contributed by atoms with E-state index in [4.69, 9.17) is 0 Å². The summed E-state index contributed by atoms with van der Waals surface area (Å²) in [5.41, 5.74) is 8.25. The Morgan fingerprint density at radius 1 is 0.886 bits per heavy atom. The number of carboxylic acid groups (broad SMARTS) is 1. The molecule has 1 aliphatic heterocycles. The smallest absolute Gasteiger partial charge is 0.314 e. The van der Waals surface area contributed by atoms with Gasteiger partial charge in [-0.3, -0.25) is 4.79 Å². The molecule has 1 aliphatic carbocycles. The Morgan fingerprint density at radius 2 is 1.43 bits per heavy atom. The topological polar surface area (TPSA) is 40.5 Å². The number of carboxylic acids is 1. The number of likely N-dealkylation sites (tertiary alicyclic amines) is 1. The lowest BCUT2D eigenvalue weighted by Crippen LogP contribution is -2.47. The van der Waals surface area contributed by atoms with Crippen LogP contribution < -0.4 is 0 Å². The van der Waals surface area contributed by atoms with Crippen LogP contribution in [0.2, 0.25) is 0 Å². The fourth-order valence-corrected chi connectivity index (χ4v) is 5.68. The molecule has 0 saturated carbocycles. The van der Waals surface area contributed by atoms with Crippen molar-refractivity contribution < 1.29 is 9.90 Å².